The van der Waals surface area contributed by atoms with Crippen molar-refractivity contribution in [3.8, 4) is 0 Å². The fourth-order valence-corrected chi connectivity index (χ4v) is 6.53. The normalized spacial score (nSPS) is 11.8. The highest BCUT2D eigenvalue weighted by Gasteiger charge is 2.16. The van der Waals surface area contributed by atoms with Crippen molar-refractivity contribution in [2.45, 2.75) is 65.5 Å². The molecule has 0 aliphatic rings. The maximum absolute atomic E-state index is 6.45. The first-order valence-corrected chi connectivity index (χ1v) is 11.4. The van der Waals surface area contributed by atoms with Crippen LogP contribution in [0.2, 0.25) is 5.02 Å². The summed E-state index contributed by atoms with van der Waals surface area (Å²) in [6, 6.07) is 6.50. The van der Waals surface area contributed by atoms with Gasteiger partial charge in [-0.25, -0.2) is 0 Å². The number of unbranched alkanes of at least 4 members (excludes halogenated alkanes) is 4. The van der Waals surface area contributed by atoms with Crippen molar-refractivity contribution in [2.24, 2.45) is 0 Å². The molecule has 1 aromatic rings. The Morgan fingerprint density at radius 1 is 1.00 bits per heavy atom. The van der Waals surface area contributed by atoms with Gasteiger partial charge in [-0.15, -0.1) is 13.2 Å². The fraction of sp³-hybridized carbons (Fsp3) is 0.632. The third kappa shape index (κ3) is 7.07. The molecule has 0 aliphatic heterocycles. The summed E-state index contributed by atoms with van der Waals surface area (Å²) in [7, 11) is 0. The predicted octanol–water partition coefficient (Wildman–Crippen LogP) is 6.98. The van der Waals surface area contributed by atoms with Gasteiger partial charge in [-0.3, -0.25) is 0 Å². The van der Waals surface area contributed by atoms with Crippen LogP contribution < -0.4 is 0 Å². The van der Waals surface area contributed by atoms with Crippen LogP contribution in [0, 0.1) is 6.92 Å². The Kier molecular flexibility index (Phi) is 8.76. The SMILES string of the molecule is C=P(CCCCC)(CCCCC)Cc1ccc(C)cc1Cl. The van der Waals surface area contributed by atoms with Crippen LogP contribution in [-0.4, -0.2) is 18.6 Å². The van der Waals surface area contributed by atoms with E-state index in [-0.39, 0.29) is 0 Å². The van der Waals surface area contributed by atoms with E-state index < -0.39 is 6.89 Å². The molecule has 0 bridgehead atoms. The Morgan fingerprint density at radius 3 is 2.05 bits per heavy atom. The van der Waals surface area contributed by atoms with E-state index in [0.29, 0.717) is 0 Å². The second-order valence-electron chi connectivity index (χ2n) is 6.46. The van der Waals surface area contributed by atoms with Gasteiger partial charge in [-0.05, 0) is 55.4 Å². The second-order valence-corrected chi connectivity index (χ2v) is 10.8. The molecular weight excluding hydrogens is 295 g/mol. The molecular formula is C19H32ClP. The standard InChI is InChI=1S/C19H32ClP/c1-5-7-9-13-21(4,14-10-8-6-2)16-18-12-11-17(3)15-19(18)20/h11-12,15H,4-10,13-14,16H2,1-3H3. The van der Waals surface area contributed by atoms with Crippen molar-refractivity contribution in [1.82, 2.24) is 0 Å². The summed E-state index contributed by atoms with van der Waals surface area (Å²) in [6.07, 6.45) is 16.4. The van der Waals surface area contributed by atoms with E-state index in [4.69, 9.17) is 17.9 Å². The molecule has 0 saturated heterocycles. The summed E-state index contributed by atoms with van der Waals surface area (Å²) in [5.41, 5.74) is 2.56. The molecule has 0 unspecified atom stereocenters. The van der Waals surface area contributed by atoms with Gasteiger partial charge >= 0.3 is 0 Å². The van der Waals surface area contributed by atoms with Crippen LogP contribution in [0.3, 0.4) is 0 Å². The fourth-order valence-electron chi connectivity index (χ4n) is 2.81. The van der Waals surface area contributed by atoms with E-state index in [1.54, 1.807) is 0 Å². The smallest absolute Gasteiger partial charge is 0.0444 e. The number of halogens is 1. The van der Waals surface area contributed by atoms with Crippen LogP contribution >= 0.6 is 18.5 Å². The molecule has 1 rings (SSSR count). The van der Waals surface area contributed by atoms with Crippen molar-refractivity contribution in [1.29, 1.82) is 0 Å². The molecule has 0 fully saturated rings. The number of hydrogen-bond donors (Lipinski definition) is 0. The zero-order chi connectivity index (χ0) is 15.7. The number of rotatable bonds is 10. The Bertz CT molecular complexity index is 451. The minimum atomic E-state index is -1.13. The van der Waals surface area contributed by atoms with Crippen LogP contribution in [0.4, 0.5) is 0 Å². The summed E-state index contributed by atoms with van der Waals surface area (Å²) in [5, 5.41) is 0.939. The average molecular weight is 327 g/mol. The van der Waals surface area contributed by atoms with Crippen molar-refractivity contribution in [3.63, 3.8) is 0 Å². The van der Waals surface area contributed by atoms with Gasteiger partial charge in [-0.2, -0.15) is 0 Å². The van der Waals surface area contributed by atoms with Crippen molar-refractivity contribution in [3.05, 3.63) is 34.3 Å². The van der Waals surface area contributed by atoms with Gasteiger partial charge in [-0.1, -0.05) is 63.3 Å². The van der Waals surface area contributed by atoms with E-state index in [2.05, 4.69) is 39.0 Å². The van der Waals surface area contributed by atoms with Gasteiger partial charge in [0.15, 0.2) is 0 Å². The molecule has 120 valence electrons. The molecule has 0 spiro atoms. The van der Waals surface area contributed by atoms with Crippen LogP contribution in [0.1, 0.15) is 63.5 Å². The molecule has 0 atom stereocenters. The Balaban J connectivity index is 2.77. The molecule has 0 aromatic heterocycles. The van der Waals surface area contributed by atoms with Gasteiger partial charge < -0.3 is 0 Å². The van der Waals surface area contributed by atoms with E-state index in [1.807, 2.05) is 0 Å². The van der Waals surface area contributed by atoms with E-state index in [0.717, 1.165) is 11.2 Å². The summed E-state index contributed by atoms with van der Waals surface area (Å²) in [4.78, 5) is 0. The van der Waals surface area contributed by atoms with E-state index >= 15 is 0 Å². The maximum atomic E-state index is 6.45. The average Bonchev–Trinajstić information content (AvgIpc) is 2.43. The zero-order valence-corrected chi connectivity index (χ0v) is 15.8. The van der Waals surface area contributed by atoms with Gasteiger partial charge in [0.1, 0.15) is 0 Å². The molecule has 0 N–H and O–H groups in total. The third-order valence-electron chi connectivity index (χ3n) is 4.19. The van der Waals surface area contributed by atoms with Gasteiger partial charge in [0.2, 0.25) is 0 Å². The van der Waals surface area contributed by atoms with Crippen molar-refractivity contribution < 1.29 is 0 Å². The molecule has 0 saturated carbocycles. The van der Waals surface area contributed by atoms with Crippen LogP contribution in [0.25, 0.3) is 0 Å². The summed E-state index contributed by atoms with van der Waals surface area (Å²) >= 11 is 6.45. The third-order valence-corrected chi connectivity index (χ3v) is 8.08. The highest BCUT2D eigenvalue weighted by Crippen LogP contribution is 2.51. The Hall–Kier alpha value is -0.190. The quantitative estimate of drug-likeness (QED) is 0.321. The zero-order valence-electron chi connectivity index (χ0n) is 14.1. The summed E-state index contributed by atoms with van der Waals surface area (Å²) in [5.74, 6) is 0. The Morgan fingerprint density at radius 2 is 1.57 bits per heavy atom. The summed E-state index contributed by atoms with van der Waals surface area (Å²) < 4.78 is 0. The topological polar surface area (TPSA) is 0 Å². The molecule has 21 heavy (non-hydrogen) atoms. The lowest BCUT2D eigenvalue weighted by atomic mass is 10.2. The lowest BCUT2D eigenvalue weighted by Crippen LogP contribution is -2.01. The first kappa shape index (κ1) is 18.9. The first-order valence-electron chi connectivity index (χ1n) is 8.46. The second kappa shape index (κ2) is 9.75. The molecule has 0 heterocycles. The highest BCUT2D eigenvalue weighted by molar-refractivity contribution is 7.73. The maximum Gasteiger partial charge on any atom is 0.0444 e. The number of benzene rings is 1. The Labute approximate surface area is 137 Å². The van der Waals surface area contributed by atoms with Gasteiger partial charge in [0.05, 0.1) is 0 Å². The van der Waals surface area contributed by atoms with E-state index in [1.165, 1.54) is 62.0 Å². The minimum Gasteiger partial charge on any atom is -0.108 e. The van der Waals surface area contributed by atoms with Gasteiger partial charge in [0.25, 0.3) is 0 Å². The van der Waals surface area contributed by atoms with Crippen molar-refractivity contribution >= 4 is 24.8 Å². The van der Waals surface area contributed by atoms with E-state index in [9.17, 15) is 0 Å². The largest absolute Gasteiger partial charge is 0.108 e. The van der Waals surface area contributed by atoms with Crippen LogP contribution in [-0.2, 0) is 6.16 Å². The molecule has 0 aliphatic carbocycles. The molecule has 0 radical (unpaired) electrons. The first-order chi connectivity index (χ1) is 10.0. The molecule has 0 nitrogen and oxygen atoms in total. The lowest BCUT2D eigenvalue weighted by molar-refractivity contribution is 0.760. The van der Waals surface area contributed by atoms with Crippen LogP contribution in [0.15, 0.2) is 18.2 Å². The summed E-state index contributed by atoms with van der Waals surface area (Å²) in [6.45, 7) is 5.52. The minimum absolute atomic E-state index is 0.939. The van der Waals surface area contributed by atoms with Crippen LogP contribution in [0.5, 0.6) is 0 Å². The monoisotopic (exact) mass is 326 g/mol. The number of aryl methyl sites for hydroxylation is 1. The van der Waals surface area contributed by atoms with Gasteiger partial charge in [0, 0.05) is 5.02 Å². The molecule has 0 amide bonds. The predicted molar refractivity (Wildman–Crippen MR) is 103 cm³/mol. The lowest BCUT2D eigenvalue weighted by Gasteiger charge is -2.25. The molecule has 1 aromatic carbocycles. The highest BCUT2D eigenvalue weighted by atomic mass is 35.5. The molecule has 2 heteroatoms. The van der Waals surface area contributed by atoms with Crippen molar-refractivity contribution in [2.75, 3.05) is 12.3 Å². The number of hydrogen-bond acceptors (Lipinski definition) is 0.